The molecule has 0 bridgehead atoms. The van der Waals surface area contributed by atoms with E-state index >= 15 is 0 Å². The number of carbonyl (C=O) groups is 2. The van der Waals surface area contributed by atoms with Gasteiger partial charge in [-0.05, 0) is 28.9 Å². The molecule has 1 N–H and O–H groups in total. The molecule has 1 unspecified atom stereocenters. The third-order valence-electron chi connectivity index (χ3n) is 2.43. The number of piperazine rings is 1. The maximum absolute atomic E-state index is 11.8. The number of hydrogen-bond acceptors (Lipinski definition) is 4. The Morgan fingerprint density at radius 1 is 1.62 bits per heavy atom. The van der Waals surface area contributed by atoms with Gasteiger partial charge >= 0.3 is 0 Å². The second-order valence-electron chi connectivity index (χ2n) is 3.65. The van der Waals surface area contributed by atoms with E-state index in [1.807, 2.05) is 11.4 Å². The van der Waals surface area contributed by atoms with Gasteiger partial charge in [-0.1, -0.05) is 0 Å². The van der Waals surface area contributed by atoms with Gasteiger partial charge in [0, 0.05) is 14.7 Å². The van der Waals surface area contributed by atoms with Crippen LogP contribution in [0.15, 0.2) is 15.9 Å². The number of thiophene rings is 1. The summed E-state index contributed by atoms with van der Waals surface area (Å²) in [5.74, 6) is -0.312. The highest BCUT2D eigenvalue weighted by Crippen LogP contribution is 2.22. The van der Waals surface area contributed by atoms with Crippen LogP contribution in [0.5, 0.6) is 0 Å². The Hall–Kier alpha value is -0.720. The van der Waals surface area contributed by atoms with Crippen molar-refractivity contribution in [3.8, 4) is 0 Å². The molecule has 2 heterocycles. The summed E-state index contributed by atoms with van der Waals surface area (Å²) >= 11 is 4.88. The number of halogens is 1. The molecule has 1 fully saturated rings. The molecule has 2 amide bonds. The molecule has 1 aromatic rings. The molecule has 0 spiro atoms. The highest BCUT2D eigenvalue weighted by atomic mass is 79.9. The lowest BCUT2D eigenvalue weighted by Crippen LogP contribution is -2.56. The average Bonchev–Trinajstić information content (AvgIpc) is 2.65. The minimum atomic E-state index is -0.277. The monoisotopic (exact) mass is 302 g/mol. The first-order valence-electron chi connectivity index (χ1n) is 4.88. The van der Waals surface area contributed by atoms with Crippen molar-refractivity contribution in [2.45, 2.75) is 19.5 Å². The van der Waals surface area contributed by atoms with Crippen LogP contribution in [0, 0.1) is 0 Å². The van der Waals surface area contributed by atoms with E-state index in [0.717, 1.165) is 9.35 Å². The minimum absolute atomic E-state index is 0.152. The molecule has 4 nitrogen and oxygen atoms in total. The van der Waals surface area contributed by atoms with Crippen molar-refractivity contribution in [2.75, 3.05) is 6.54 Å². The summed E-state index contributed by atoms with van der Waals surface area (Å²) < 4.78 is 0.982. The zero-order chi connectivity index (χ0) is 11.7. The van der Waals surface area contributed by atoms with E-state index in [4.69, 9.17) is 0 Å². The number of carbonyl (C=O) groups excluding carboxylic acids is 2. The van der Waals surface area contributed by atoms with E-state index in [1.54, 1.807) is 6.92 Å². The number of nitrogens with one attached hydrogen (secondary N) is 1. The van der Waals surface area contributed by atoms with Crippen molar-refractivity contribution in [1.82, 2.24) is 10.2 Å². The van der Waals surface area contributed by atoms with Crippen molar-refractivity contribution < 1.29 is 9.59 Å². The summed E-state index contributed by atoms with van der Waals surface area (Å²) in [6.07, 6.45) is 0. The second kappa shape index (κ2) is 4.65. The quantitative estimate of drug-likeness (QED) is 0.839. The summed E-state index contributed by atoms with van der Waals surface area (Å²) in [6.45, 7) is 2.38. The van der Waals surface area contributed by atoms with Gasteiger partial charge in [-0.25, -0.2) is 0 Å². The average molecular weight is 303 g/mol. The number of hydrogen-bond donors (Lipinski definition) is 1. The Kier molecular flexibility index (Phi) is 3.41. The molecular weight excluding hydrogens is 292 g/mol. The summed E-state index contributed by atoms with van der Waals surface area (Å²) in [6, 6.07) is 1.65. The predicted molar refractivity (Wildman–Crippen MR) is 65.0 cm³/mol. The van der Waals surface area contributed by atoms with Crippen LogP contribution in [-0.2, 0) is 16.1 Å². The first kappa shape index (κ1) is 11.8. The highest BCUT2D eigenvalue weighted by Gasteiger charge is 2.31. The molecule has 0 aliphatic carbocycles. The molecule has 0 aromatic carbocycles. The molecule has 1 aliphatic heterocycles. The van der Waals surface area contributed by atoms with Crippen LogP contribution in [0.4, 0.5) is 0 Å². The zero-order valence-electron chi connectivity index (χ0n) is 8.70. The lowest BCUT2D eigenvalue weighted by molar-refractivity contribution is -0.149. The first-order chi connectivity index (χ1) is 7.58. The summed E-state index contributed by atoms with van der Waals surface area (Å²) in [7, 11) is 0. The molecule has 1 aliphatic rings. The third-order valence-corrected chi connectivity index (χ3v) is 4.12. The van der Waals surface area contributed by atoms with Crippen molar-refractivity contribution in [3.63, 3.8) is 0 Å². The van der Waals surface area contributed by atoms with E-state index in [1.165, 1.54) is 16.2 Å². The largest absolute Gasteiger partial charge is 0.298 e. The maximum atomic E-state index is 11.8. The Morgan fingerprint density at radius 2 is 2.38 bits per heavy atom. The van der Waals surface area contributed by atoms with Crippen LogP contribution in [0.3, 0.4) is 0 Å². The van der Waals surface area contributed by atoms with Crippen molar-refractivity contribution in [1.29, 1.82) is 0 Å². The van der Waals surface area contributed by atoms with Crippen LogP contribution < -0.4 is 5.32 Å². The van der Waals surface area contributed by atoms with E-state index in [2.05, 4.69) is 21.2 Å². The van der Waals surface area contributed by atoms with Crippen LogP contribution >= 0.6 is 27.3 Å². The van der Waals surface area contributed by atoms with Gasteiger partial charge in [-0.2, -0.15) is 0 Å². The Bertz CT molecular complexity index is 432. The normalized spacial score (nSPS) is 21.6. The van der Waals surface area contributed by atoms with Gasteiger partial charge in [0.1, 0.15) is 0 Å². The fourth-order valence-electron chi connectivity index (χ4n) is 1.54. The van der Waals surface area contributed by atoms with Crippen LogP contribution in [0.2, 0.25) is 0 Å². The fraction of sp³-hybridized carbons (Fsp3) is 0.400. The Balaban J connectivity index is 2.13. The smallest absolute Gasteiger partial charge is 0.246 e. The van der Waals surface area contributed by atoms with Gasteiger partial charge < -0.3 is 0 Å². The fourth-order valence-corrected chi connectivity index (χ4v) is 2.98. The molecule has 1 aromatic heterocycles. The van der Waals surface area contributed by atoms with E-state index in [0.29, 0.717) is 6.54 Å². The topological polar surface area (TPSA) is 49.4 Å². The van der Waals surface area contributed by atoms with Crippen molar-refractivity contribution in [3.05, 3.63) is 20.8 Å². The van der Waals surface area contributed by atoms with E-state index in [-0.39, 0.29) is 24.4 Å². The van der Waals surface area contributed by atoms with Crippen molar-refractivity contribution in [2.24, 2.45) is 0 Å². The molecule has 0 radical (unpaired) electrons. The molecule has 0 saturated carbocycles. The lowest BCUT2D eigenvalue weighted by Gasteiger charge is -2.29. The van der Waals surface area contributed by atoms with E-state index in [9.17, 15) is 9.59 Å². The SMILES string of the molecule is CC1NCC(=O)N(Cc2cc(Br)cs2)C1=O. The molecule has 1 saturated heterocycles. The summed E-state index contributed by atoms with van der Waals surface area (Å²) in [4.78, 5) is 25.7. The number of rotatable bonds is 2. The maximum Gasteiger partial charge on any atom is 0.246 e. The molecule has 6 heteroatoms. The summed E-state index contributed by atoms with van der Waals surface area (Å²) in [5, 5.41) is 4.80. The standard InChI is InChI=1S/C10H11BrN2O2S/c1-6-10(15)13(9(14)3-12-6)4-8-2-7(11)5-16-8/h2,5-6,12H,3-4H2,1H3. The molecule has 1 atom stereocenters. The molecular formula is C10H11BrN2O2S. The van der Waals surface area contributed by atoms with Crippen LogP contribution in [0.25, 0.3) is 0 Å². The number of nitrogens with zero attached hydrogens (tertiary/aromatic N) is 1. The predicted octanol–water partition coefficient (Wildman–Crippen LogP) is 1.36. The second-order valence-corrected chi connectivity index (χ2v) is 5.56. The molecule has 86 valence electrons. The Labute approximate surface area is 106 Å². The zero-order valence-corrected chi connectivity index (χ0v) is 11.1. The van der Waals surface area contributed by atoms with Gasteiger partial charge in [0.15, 0.2) is 0 Å². The van der Waals surface area contributed by atoms with Gasteiger partial charge in [0.05, 0.1) is 19.1 Å². The van der Waals surface area contributed by atoms with Gasteiger partial charge in [0.2, 0.25) is 11.8 Å². The van der Waals surface area contributed by atoms with Crippen LogP contribution in [-0.4, -0.2) is 29.3 Å². The van der Waals surface area contributed by atoms with Crippen LogP contribution in [0.1, 0.15) is 11.8 Å². The van der Waals surface area contributed by atoms with Gasteiger partial charge in [-0.15, -0.1) is 11.3 Å². The molecule has 2 rings (SSSR count). The highest BCUT2D eigenvalue weighted by molar-refractivity contribution is 9.10. The lowest BCUT2D eigenvalue weighted by atomic mass is 10.2. The number of amides is 2. The number of imide groups is 1. The summed E-state index contributed by atoms with van der Waals surface area (Å²) in [5.41, 5.74) is 0. The third kappa shape index (κ3) is 2.34. The van der Waals surface area contributed by atoms with E-state index < -0.39 is 0 Å². The first-order valence-corrected chi connectivity index (χ1v) is 6.55. The van der Waals surface area contributed by atoms with Crippen molar-refractivity contribution >= 4 is 39.1 Å². The molecule has 16 heavy (non-hydrogen) atoms. The van der Waals surface area contributed by atoms with Gasteiger partial charge in [0.25, 0.3) is 0 Å². The van der Waals surface area contributed by atoms with Gasteiger partial charge in [-0.3, -0.25) is 19.8 Å². The minimum Gasteiger partial charge on any atom is -0.298 e. The Morgan fingerprint density at radius 3 is 3.00 bits per heavy atom.